The topological polar surface area (TPSA) is 54.1 Å². The summed E-state index contributed by atoms with van der Waals surface area (Å²) in [6.07, 6.45) is 6.35. The molecular weight excluding hydrogens is 142 g/mol. The van der Waals surface area contributed by atoms with Gasteiger partial charge in [-0.25, -0.2) is 4.99 Å². The lowest BCUT2D eigenvalue weighted by Gasteiger charge is -2.12. The summed E-state index contributed by atoms with van der Waals surface area (Å²) in [5, 5.41) is 7.45. The van der Waals surface area contributed by atoms with Crippen LogP contribution in [0.4, 0.5) is 0 Å². The minimum atomic E-state index is -0.294. The summed E-state index contributed by atoms with van der Waals surface area (Å²) in [5.74, 6) is -0.463. The van der Waals surface area contributed by atoms with Crippen molar-refractivity contribution in [3.8, 4) is 0 Å². The van der Waals surface area contributed by atoms with Crippen molar-refractivity contribution in [2.75, 3.05) is 0 Å². The molecule has 0 bridgehead atoms. The van der Waals surface area contributed by atoms with E-state index in [4.69, 9.17) is 0 Å². The zero-order valence-corrected chi connectivity index (χ0v) is 5.64. The highest BCUT2D eigenvalue weighted by molar-refractivity contribution is 5.96. The van der Waals surface area contributed by atoms with Gasteiger partial charge in [0.15, 0.2) is 0 Å². The summed E-state index contributed by atoms with van der Waals surface area (Å²) in [6.45, 7) is 0. The molecule has 0 saturated carbocycles. The maximum Gasteiger partial charge on any atom is 0.258 e. The summed E-state index contributed by atoms with van der Waals surface area (Å²) in [6, 6.07) is 0. The number of hydrogen-bond acceptors (Lipinski definition) is 3. The van der Waals surface area contributed by atoms with E-state index in [9.17, 15) is 4.79 Å². The molecule has 0 radical (unpaired) electrons. The quantitative estimate of drug-likeness (QED) is 0.505. The minimum Gasteiger partial charge on any atom is -0.271 e. The first-order chi connectivity index (χ1) is 5.38. The summed E-state index contributed by atoms with van der Waals surface area (Å²) >= 11 is 0. The monoisotopic (exact) mass is 147 g/mol. The van der Waals surface area contributed by atoms with Gasteiger partial charge in [0.1, 0.15) is 5.92 Å². The lowest BCUT2D eigenvalue weighted by atomic mass is 10.0. The predicted molar refractivity (Wildman–Crippen MR) is 39.1 cm³/mol. The average Bonchev–Trinajstić information content (AvgIpc) is 2.06. The molecule has 0 aliphatic carbocycles. The molecule has 0 aromatic carbocycles. The average molecular weight is 147 g/mol. The fraction of sp³-hybridized carbons (Fsp3) is 0.143. The standard InChI is InChI=1S/C7H5N3O/c11-7-5-1-4-9-10-6(5)2-3-8-7/h1-5H. The Morgan fingerprint density at radius 3 is 3.18 bits per heavy atom. The lowest BCUT2D eigenvalue weighted by molar-refractivity contribution is -0.119. The molecule has 0 fully saturated rings. The van der Waals surface area contributed by atoms with Gasteiger partial charge in [-0.1, -0.05) is 0 Å². The van der Waals surface area contributed by atoms with E-state index in [0.717, 1.165) is 0 Å². The zero-order chi connectivity index (χ0) is 7.68. The van der Waals surface area contributed by atoms with Gasteiger partial charge in [0.25, 0.3) is 5.91 Å². The van der Waals surface area contributed by atoms with Crippen LogP contribution in [0.15, 0.2) is 39.3 Å². The smallest absolute Gasteiger partial charge is 0.258 e. The molecular formula is C7H5N3O. The molecule has 1 amide bonds. The van der Waals surface area contributed by atoms with Crippen molar-refractivity contribution in [3.05, 3.63) is 24.0 Å². The molecule has 4 nitrogen and oxygen atoms in total. The van der Waals surface area contributed by atoms with Crippen LogP contribution in [0.25, 0.3) is 0 Å². The van der Waals surface area contributed by atoms with Crippen molar-refractivity contribution in [2.24, 2.45) is 21.1 Å². The molecule has 2 aliphatic heterocycles. The highest BCUT2D eigenvalue weighted by Gasteiger charge is 2.23. The molecule has 0 saturated heterocycles. The minimum absolute atomic E-state index is 0.169. The van der Waals surface area contributed by atoms with Crippen molar-refractivity contribution in [2.45, 2.75) is 0 Å². The molecule has 54 valence electrons. The fourth-order valence-corrected chi connectivity index (χ4v) is 0.999. The number of dihydropyridines is 1. The van der Waals surface area contributed by atoms with Crippen molar-refractivity contribution < 1.29 is 4.79 Å². The van der Waals surface area contributed by atoms with E-state index in [-0.39, 0.29) is 11.8 Å². The third kappa shape index (κ3) is 0.920. The summed E-state index contributed by atoms with van der Waals surface area (Å²) in [5.41, 5.74) is 0.674. The summed E-state index contributed by atoms with van der Waals surface area (Å²) in [7, 11) is 0. The second kappa shape index (κ2) is 2.23. The van der Waals surface area contributed by atoms with Gasteiger partial charge in [0, 0.05) is 12.4 Å². The van der Waals surface area contributed by atoms with E-state index in [1.807, 2.05) is 0 Å². The van der Waals surface area contributed by atoms with Crippen LogP contribution < -0.4 is 0 Å². The Labute approximate surface area is 63.0 Å². The van der Waals surface area contributed by atoms with Crippen molar-refractivity contribution in [3.63, 3.8) is 0 Å². The van der Waals surface area contributed by atoms with Crippen LogP contribution in [0.1, 0.15) is 0 Å². The summed E-state index contributed by atoms with van der Waals surface area (Å²) in [4.78, 5) is 14.7. The second-order valence-electron chi connectivity index (χ2n) is 2.24. The first kappa shape index (κ1) is 6.15. The van der Waals surface area contributed by atoms with Crippen LogP contribution in [-0.2, 0) is 4.79 Å². The number of amides is 1. The third-order valence-corrected chi connectivity index (χ3v) is 1.55. The van der Waals surface area contributed by atoms with Gasteiger partial charge in [-0.15, -0.1) is 0 Å². The number of azo groups is 1. The normalized spacial score (nSPS) is 26.7. The molecule has 1 unspecified atom stereocenters. The van der Waals surface area contributed by atoms with Crippen LogP contribution in [0.5, 0.6) is 0 Å². The number of aliphatic imine (C=N–C) groups is 1. The van der Waals surface area contributed by atoms with Crippen LogP contribution in [0, 0.1) is 5.92 Å². The first-order valence-corrected chi connectivity index (χ1v) is 3.23. The van der Waals surface area contributed by atoms with Crippen LogP contribution in [-0.4, -0.2) is 12.1 Å². The Balaban J connectivity index is 2.43. The number of carbonyl (C=O) groups is 1. The number of nitrogens with zero attached hydrogens (tertiary/aromatic N) is 3. The van der Waals surface area contributed by atoms with Crippen molar-refractivity contribution in [1.82, 2.24) is 0 Å². The molecule has 2 aliphatic rings. The van der Waals surface area contributed by atoms with Gasteiger partial charge in [0.2, 0.25) is 0 Å². The Morgan fingerprint density at radius 1 is 1.45 bits per heavy atom. The maximum absolute atomic E-state index is 11.0. The third-order valence-electron chi connectivity index (χ3n) is 1.55. The largest absolute Gasteiger partial charge is 0.271 e. The Bertz CT molecular complexity index is 312. The van der Waals surface area contributed by atoms with E-state index in [1.165, 1.54) is 12.4 Å². The van der Waals surface area contributed by atoms with E-state index < -0.39 is 0 Å². The molecule has 0 aromatic heterocycles. The molecule has 11 heavy (non-hydrogen) atoms. The van der Waals surface area contributed by atoms with Gasteiger partial charge in [-0.05, 0) is 12.2 Å². The lowest BCUT2D eigenvalue weighted by Crippen LogP contribution is -2.16. The second-order valence-corrected chi connectivity index (χ2v) is 2.24. The molecule has 2 heterocycles. The molecule has 2 rings (SSSR count). The van der Waals surface area contributed by atoms with Crippen molar-refractivity contribution in [1.29, 1.82) is 0 Å². The van der Waals surface area contributed by atoms with Gasteiger partial charge >= 0.3 is 0 Å². The summed E-state index contributed by atoms with van der Waals surface area (Å²) < 4.78 is 0. The van der Waals surface area contributed by atoms with E-state index in [0.29, 0.717) is 5.70 Å². The van der Waals surface area contributed by atoms with Gasteiger partial charge in [-0.3, -0.25) is 4.79 Å². The van der Waals surface area contributed by atoms with Gasteiger partial charge in [0.05, 0.1) is 5.70 Å². The van der Waals surface area contributed by atoms with Crippen LogP contribution >= 0.6 is 0 Å². The number of hydrogen-bond donors (Lipinski definition) is 0. The molecule has 4 heteroatoms. The maximum atomic E-state index is 11.0. The van der Waals surface area contributed by atoms with E-state index >= 15 is 0 Å². The van der Waals surface area contributed by atoms with Gasteiger partial charge in [-0.2, -0.15) is 10.2 Å². The van der Waals surface area contributed by atoms with Crippen LogP contribution in [0.3, 0.4) is 0 Å². The highest BCUT2D eigenvalue weighted by Crippen LogP contribution is 2.22. The Hall–Kier alpha value is -1.58. The Morgan fingerprint density at radius 2 is 2.36 bits per heavy atom. The van der Waals surface area contributed by atoms with E-state index in [2.05, 4.69) is 15.2 Å². The van der Waals surface area contributed by atoms with Gasteiger partial charge < -0.3 is 0 Å². The highest BCUT2D eigenvalue weighted by atomic mass is 16.1. The number of fused-ring (bicyclic) bond motifs is 1. The SMILES string of the molecule is O=C1N=CC=C2N=NC=CC12. The molecule has 0 N–H and O–H groups in total. The zero-order valence-electron chi connectivity index (χ0n) is 5.64. The molecule has 0 aromatic rings. The molecule has 0 spiro atoms. The van der Waals surface area contributed by atoms with Crippen LogP contribution in [0.2, 0.25) is 0 Å². The fourth-order valence-electron chi connectivity index (χ4n) is 0.999. The first-order valence-electron chi connectivity index (χ1n) is 3.23. The Kier molecular flexibility index (Phi) is 1.25. The van der Waals surface area contributed by atoms with Crippen molar-refractivity contribution >= 4 is 12.1 Å². The predicted octanol–water partition coefficient (Wildman–Crippen LogP) is 1.08. The number of allylic oxidation sites excluding steroid dienone is 1. The number of rotatable bonds is 0. The molecule has 1 atom stereocenters. The number of carbonyl (C=O) groups excluding carboxylic acids is 1. The van der Waals surface area contributed by atoms with E-state index in [1.54, 1.807) is 12.2 Å².